The molecule has 5 nitrogen and oxygen atoms in total. The van der Waals surface area contributed by atoms with Gasteiger partial charge in [-0.05, 0) is 41.5 Å². The highest BCUT2D eigenvalue weighted by Gasteiger charge is 2.36. The second kappa shape index (κ2) is 7.99. The van der Waals surface area contributed by atoms with Gasteiger partial charge < -0.3 is 10.6 Å². The number of rotatable bonds is 5. The maximum Gasteiger partial charge on any atom is 0.255 e. The van der Waals surface area contributed by atoms with Crippen molar-refractivity contribution in [3.63, 3.8) is 0 Å². The molecule has 0 bridgehead atoms. The number of fused-ring (bicyclic) bond motifs is 1. The maximum atomic E-state index is 13.0. The summed E-state index contributed by atoms with van der Waals surface area (Å²) in [4.78, 5) is 29.1. The maximum absolute atomic E-state index is 13.0. The van der Waals surface area contributed by atoms with Gasteiger partial charge in [0.25, 0.3) is 5.91 Å². The lowest BCUT2D eigenvalue weighted by Crippen LogP contribution is -2.44. The Morgan fingerprint density at radius 2 is 1.79 bits per heavy atom. The van der Waals surface area contributed by atoms with Crippen molar-refractivity contribution in [2.24, 2.45) is 5.73 Å². The highest BCUT2D eigenvalue weighted by Crippen LogP contribution is 2.31. The molecule has 2 aromatic rings. The molecule has 2 aliphatic heterocycles. The Kier molecular flexibility index (Phi) is 5.41. The van der Waals surface area contributed by atoms with E-state index in [1.54, 1.807) is 6.07 Å². The van der Waals surface area contributed by atoms with E-state index in [0.717, 1.165) is 38.0 Å². The van der Waals surface area contributed by atoms with Crippen molar-refractivity contribution < 1.29 is 9.59 Å². The van der Waals surface area contributed by atoms with Crippen molar-refractivity contribution in [1.29, 1.82) is 0 Å². The molecule has 0 atom stereocenters. The first-order valence-electron chi connectivity index (χ1n) is 10.5. The fourth-order valence-electron chi connectivity index (χ4n) is 4.54. The van der Waals surface area contributed by atoms with E-state index in [0.29, 0.717) is 23.6 Å². The van der Waals surface area contributed by atoms with Gasteiger partial charge in [-0.25, -0.2) is 0 Å². The molecular weight excluding hydrogens is 362 g/mol. The minimum absolute atomic E-state index is 0.0443. The first-order valence-corrected chi connectivity index (χ1v) is 10.5. The molecule has 0 saturated carbocycles. The summed E-state index contributed by atoms with van der Waals surface area (Å²) in [6.07, 6.45) is 1.91. The number of piperidine rings is 1. The summed E-state index contributed by atoms with van der Waals surface area (Å²) >= 11 is 0. The molecular formula is C24H29N3O2. The van der Waals surface area contributed by atoms with Crippen LogP contribution in [0.5, 0.6) is 0 Å². The number of likely N-dealkylation sites (tertiary alicyclic amines) is 1. The number of nitrogens with two attached hydrogens (primary N) is 1. The quantitative estimate of drug-likeness (QED) is 0.848. The largest absolute Gasteiger partial charge is 0.366 e. The van der Waals surface area contributed by atoms with Gasteiger partial charge in [0.1, 0.15) is 0 Å². The van der Waals surface area contributed by atoms with Crippen molar-refractivity contribution in [1.82, 2.24) is 9.80 Å². The van der Waals surface area contributed by atoms with Gasteiger partial charge in [-0.2, -0.15) is 0 Å². The Hall–Kier alpha value is -2.66. The van der Waals surface area contributed by atoms with Gasteiger partial charge in [-0.1, -0.05) is 50.2 Å². The van der Waals surface area contributed by atoms with E-state index in [9.17, 15) is 9.59 Å². The predicted octanol–water partition coefficient (Wildman–Crippen LogP) is 3.53. The minimum Gasteiger partial charge on any atom is -0.366 e. The van der Waals surface area contributed by atoms with Gasteiger partial charge in [-0.3, -0.25) is 14.5 Å². The third kappa shape index (κ3) is 3.92. The standard InChI is InChI=1S/C24H29N3O2/c1-16(2)18-8-6-17(7-9-18)14-26-12-10-20(11-13-26)27-15-19-4-3-5-21(23(25)28)22(19)24(27)29/h3-9,16,20H,10-15H2,1-2H3,(H2,25,28). The molecule has 1 fully saturated rings. The lowest BCUT2D eigenvalue weighted by molar-refractivity contribution is 0.0588. The van der Waals surface area contributed by atoms with E-state index in [1.165, 1.54) is 11.1 Å². The van der Waals surface area contributed by atoms with Crippen LogP contribution in [-0.2, 0) is 13.1 Å². The van der Waals surface area contributed by atoms with E-state index in [1.807, 2.05) is 17.0 Å². The van der Waals surface area contributed by atoms with Crippen LogP contribution >= 0.6 is 0 Å². The zero-order chi connectivity index (χ0) is 20.5. The van der Waals surface area contributed by atoms with Gasteiger partial charge in [0.15, 0.2) is 0 Å². The number of benzene rings is 2. The molecule has 29 heavy (non-hydrogen) atoms. The topological polar surface area (TPSA) is 66.6 Å². The lowest BCUT2D eigenvalue weighted by Gasteiger charge is -2.36. The molecule has 0 radical (unpaired) electrons. The molecule has 2 aliphatic rings. The Labute approximate surface area is 172 Å². The molecule has 0 aromatic heterocycles. The van der Waals surface area contributed by atoms with Crippen LogP contribution in [0.2, 0.25) is 0 Å². The molecule has 2 amide bonds. The van der Waals surface area contributed by atoms with Crippen molar-refractivity contribution in [2.75, 3.05) is 13.1 Å². The number of hydrogen-bond acceptors (Lipinski definition) is 3. The first-order chi connectivity index (χ1) is 13.9. The fraction of sp³-hybridized carbons (Fsp3) is 0.417. The Morgan fingerprint density at radius 1 is 1.10 bits per heavy atom. The number of hydrogen-bond donors (Lipinski definition) is 1. The van der Waals surface area contributed by atoms with Gasteiger partial charge >= 0.3 is 0 Å². The smallest absolute Gasteiger partial charge is 0.255 e. The zero-order valence-corrected chi connectivity index (χ0v) is 17.2. The van der Waals surface area contributed by atoms with Crippen LogP contribution in [0.15, 0.2) is 42.5 Å². The zero-order valence-electron chi connectivity index (χ0n) is 17.2. The normalized spacial score (nSPS) is 17.8. The molecule has 2 aromatic carbocycles. The highest BCUT2D eigenvalue weighted by atomic mass is 16.2. The number of carbonyl (C=O) groups excluding carboxylic acids is 2. The summed E-state index contributed by atoms with van der Waals surface area (Å²) in [6, 6.07) is 14.5. The SMILES string of the molecule is CC(C)c1ccc(CN2CCC(N3Cc4cccc(C(N)=O)c4C3=O)CC2)cc1. The summed E-state index contributed by atoms with van der Waals surface area (Å²) in [5, 5.41) is 0. The summed E-state index contributed by atoms with van der Waals surface area (Å²) < 4.78 is 0. The number of nitrogens with zero attached hydrogens (tertiary/aromatic N) is 2. The fourth-order valence-corrected chi connectivity index (χ4v) is 4.54. The van der Waals surface area contributed by atoms with Gasteiger partial charge in [0.2, 0.25) is 5.91 Å². The van der Waals surface area contributed by atoms with E-state index >= 15 is 0 Å². The van der Waals surface area contributed by atoms with Crippen LogP contribution in [-0.4, -0.2) is 40.7 Å². The second-order valence-corrected chi connectivity index (χ2v) is 8.54. The highest BCUT2D eigenvalue weighted by molar-refractivity contribution is 6.09. The number of amides is 2. The molecule has 0 aliphatic carbocycles. The molecule has 2 heterocycles. The molecule has 1 saturated heterocycles. The predicted molar refractivity (Wildman–Crippen MR) is 114 cm³/mol. The second-order valence-electron chi connectivity index (χ2n) is 8.54. The van der Waals surface area contributed by atoms with Gasteiger partial charge in [0, 0.05) is 32.2 Å². The van der Waals surface area contributed by atoms with E-state index < -0.39 is 5.91 Å². The Morgan fingerprint density at radius 3 is 2.41 bits per heavy atom. The summed E-state index contributed by atoms with van der Waals surface area (Å²) in [6.45, 7) is 7.90. The van der Waals surface area contributed by atoms with Gasteiger partial charge in [0.05, 0.1) is 11.1 Å². The molecule has 2 N–H and O–H groups in total. The number of primary amides is 1. The Bertz CT molecular complexity index is 912. The third-order valence-electron chi connectivity index (χ3n) is 6.28. The van der Waals surface area contributed by atoms with E-state index in [2.05, 4.69) is 43.0 Å². The van der Waals surface area contributed by atoms with E-state index in [-0.39, 0.29) is 11.9 Å². The third-order valence-corrected chi connectivity index (χ3v) is 6.28. The van der Waals surface area contributed by atoms with Crippen molar-refractivity contribution in [2.45, 2.75) is 51.7 Å². The molecule has 4 rings (SSSR count). The van der Waals surface area contributed by atoms with Crippen molar-refractivity contribution >= 4 is 11.8 Å². The summed E-state index contributed by atoms with van der Waals surface area (Å²) in [7, 11) is 0. The Balaban J connectivity index is 1.37. The van der Waals surface area contributed by atoms with Crippen LogP contribution in [0.1, 0.15) is 70.0 Å². The molecule has 0 spiro atoms. The molecule has 0 unspecified atom stereocenters. The van der Waals surface area contributed by atoms with Crippen LogP contribution < -0.4 is 5.73 Å². The first kappa shape index (κ1) is 19.6. The summed E-state index contributed by atoms with van der Waals surface area (Å²) in [5.41, 5.74) is 9.95. The van der Waals surface area contributed by atoms with Crippen LogP contribution in [0.3, 0.4) is 0 Å². The monoisotopic (exact) mass is 391 g/mol. The minimum atomic E-state index is -0.532. The lowest BCUT2D eigenvalue weighted by atomic mass is 10.00. The van der Waals surface area contributed by atoms with Crippen LogP contribution in [0, 0.1) is 0 Å². The van der Waals surface area contributed by atoms with Crippen LogP contribution in [0.4, 0.5) is 0 Å². The average molecular weight is 392 g/mol. The van der Waals surface area contributed by atoms with Crippen LogP contribution in [0.25, 0.3) is 0 Å². The van der Waals surface area contributed by atoms with Crippen molar-refractivity contribution in [3.05, 3.63) is 70.3 Å². The van der Waals surface area contributed by atoms with E-state index in [4.69, 9.17) is 5.73 Å². The molecule has 152 valence electrons. The summed E-state index contributed by atoms with van der Waals surface area (Å²) in [5.74, 6) is -0.0236. The van der Waals surface area contributed by atoms with Gasteiger partial charge in [-0.15, -0.1) is 0 Å². The average Bonchev–Trinajstić information content (AvgIpc) is 3.05. The van der Waals surface area contributed by atoms with Crippen molar-refractivity contribution in [3.8, 4) is 0 Å². The molecule has 5 heteroatoms. The number of carbonyl (C=O) groups is 2.